The third-order valence-corrected chi connectivity index (χ3v) is 7.42. The van der Waals surface area contributed by atoms with E-state index in [-0.39, 0.29) is 10.9 Å². The van der Waals surface area contributed by atoms with Crippen molar-refractivity contribution in [1.82, 2.24) is 5.27 Å². The zero-order valence-electron chi connectivity index (χ0n) is 17.1. The molecule has 0 radical (unpaired) electrons. The normalized spacial score (nSPS) is 14.0. The number of H-pyrrole nitrogens is 1. The number of carbonyl (C=O) groups is 2. The van der Waals surface area contributed by atoms with E-state index in [1.54, 1.807) is 6.92 Å². The Labute approximate surface area is 186 Å². The number of hydrogen-bond donors (Lipinski definition) is 2. The number of thiophene rings is 1. The molecule has 1 amide bonds. The maximum Gasteiger partial charge on any atom is 0.442 e. The van der Waals surface area contributed by atoms with E-state index in [4.69, 9.17) is 9.26 Å². The summed E-state index contributed by atoms with van der Waals surface area (Å²) in [6.07, 6.45) is 3.77. The first-order valence-electron chi connectivity index (χ1n) is 9.89. The van der Waals surface area contributed by atoms with Crippen LogP contribution >= 0.6 is 23.1 Å². The van der Waals surface area contributed by atoms with Crippen molar-refractivity contribution in [1.29, 1.82) is 0 Å². The van der Waals surface area contributed by atoms with Gasteiger partial charge in [-0.2, -0.15) is 0 Å². The van der Waals surface area contributed by atoms with Gasteiger partial charge in [-0.3, -0.25) is 9.32 Å². The van der Waals surface area contributed by atoms with E-state index in [0.717, 1.165) is 47.9 Å². The highest BCUT2D eigenvalue weighted by atomic mass is 32.2. The number of amides is 1. The van der Waals surface area contributed by atoms with Crippen molar-refractivity contribution in [2.45, 2.75) is 42.9 Å². The first-order chi connectivity index (χ1) is 15.0. The van der Waals surface area contributed by atoms with Crippen molar-refractivity contribution >= 4 is 40.0 Å². The molecule has 10 heteroatoms. The van der Waals surface area contributed by atoms with Gasteiger partial charge in [0.15, 0.2) is 0 Å². The van der Waals surface area contributed by atoms with Crippen molar-refractivity contribution in [3.63, 3.8) is 0 Å². The number of anilines is 1. The molecule has 2 heterocycles. The molecule has 1 aliphatic carbocycles. The Kier molecular flexibility index (Phi) is 6.28. The molecule has 0 aliphatic heterocycles. The molecule has 4 rings (SSSR count). The number of thioether (sulfide) groups is 1. The van der Waals surface area contributed by atoms with Crippen LogP contribution in [0.15, 0.2) is 44.7 Å². The van der Waals surface area contributed by atoms with Gasteiger partial charge < -0.3 is 10.1 Å². The molecule has 0 spiro atoms. The summed E-state index contributed by atoms with van der Waals surface area (Å²) in [4.78, 5) is 38.7. The number of benzene rings is 1. The number of ether oxygens (including phenoxy) is 1. The Hall–Kier alpha value is -2.85. The molecule has 1 aromatic carbocycles. The van der Waals surface area contributed by atoms with Crippen LogP contribution in [0.3, 0.4) is 0 Å². The molecular weight excluding hydrogens is 438 g/mol. The Bertz CT molecular complexity index is 1170. The van der Waals surface area contributed by atoms with Gasteiger partial charge in [0, 0.05) is 17.0 Å². The number of esters is 1. The van der Waals surface area contributed by atoms with Gasteiger partial charge in [-0.25, -0.2) is 9.59 Å². The lowest BCUT2D eigenvalue weighted by Crippen LogP contribution is -2.37. The lowest BCUT2D eigenvalue weighted by molar-refractivity contribution is -0.704. The fourth-order valence-electron chi connectivity index (χ4n) is 3.52. The highest BCUT2D eigenvalue weighted by Crippen LogP contribution is 2.39. The fourth-order valence-corrected chi connectivity index (χ4v) is 5.68. The minimum atomic E-state index is -0.613. The Morgan fingerprint density at radius 1 is 1.26 bits per heavy atom. The van der Waals surface area contributed by atoms with Crippen LogP contribution in [0.5, 0.6) is 0 Å². The predicted molar refractivity (Wildman–Crippen MR) is 117 cm³/mol. The highest BCUT2D eigenvalue weighted by Gasteiger charge is 2.31. The number of carbonyl (C=O) groups excluding carboxylic acids is 2. The van der Waals surface area contributed by atoms with Crippen LogP contribution in [-0.2, 0) is 22.4 Å². The average Bonchev–Trinajstić information content (AvgIpc) is 3.33. The van der Waals surface area contributed by atoms with Gasteiger partial charge in [-0.1, -0.05) is 18.2 Å². The number of rotatable bonds is 6. The van der Waals surface area contributed by atoms with Gasteiger partial charge in [-0.15, -0.1) is 11.3 Å². The van der Waals surface area contributed by atoms with Crippen LogP contribution < -0.4 is 15.6 Å². The average molecular weight is 461 g/mol. The Morgan fingerprint density at radius 2 is 2.00 bits per heavy atom. The number of nitrogens with one attached hydrogen (secondary N) is 2. The van der Waals surface area contributed by atoms with Crippen LogP contribution in [0.4, 0.5) is 5.00 Å². The SMILES string of the molecule is COC(=O)c1c(NC(=O)C(C)Sc2c(=O)o[nH][n+]2-c2ccccc2)sc2c1CCCC2. The highest BCUT2D eigenvalue weighted by molar-refractivity contribution is 8.00. The van der Waals surface area contributed by atoms with Crippen molar-refractivity contribution in [2.24, 2.45) is 0 Å². The number of fused-ring (bicyclic) bond motifs is 1. The third kappa shape index (κ3) is 4.31. The number of aryl methyl sites for hydroxylation is 1. The minimum Gasteiger partial charge on any atom is -0.465 e. The largest absolute Gasteiger partial charge is 0.465 e. The lowest BCUT2D eigenvalue weighted by Gasteiger charge is -2.12. The summed E-state index contributed by atoms with van der Waals surface area (Å²) >= 11 is 2.51. The van der Waals surface area contributed by atoms with Crippen LogP contribution in [0, 0.1) is 0 Å². The summed E-state index contributed by atoms with van der Waals surface area (Å²) in [6.45, 7) is 1.70. The maximum atomic E-state index is 12.9. The Morgan fingerprint density at radius 3 is 2.74 bits per heavy atom. The summed E-state index contributed by atoms with van der Waals surface area (Å²) < 4.78 is 11.4. The maximum absolute atomic E-state index is 12.9. The quantitative estimate of drug-likeness (QED) is 0.333. The molecule has 1 unspecified atom stereocenters. The monoisotopic (exact) mass is 460 g/mol. The van der Waals surface area contributed by atoms with Crippen molar-refractivity contribution in [2.75, 3.05) is 12.4 Å². The van der Waals surface area contributed by atoms with Gasteiger partial charge in [0.1, 0.15) is 5.00 Å². The second-order valence-corrected chi connectivity index (χ2v) is 9.55. The van der Waals surface area contributed by atoms with E-state index in [1.165, 1.54) is 23.1 Å². The summed E-state index contributed by atoms with van der Waals surface area (Å²) in [6, 6.07) is 9.18. The standard InChI is InChI=1S/C21H21N3O5S2/c1-12(30-19-21(27)29-23-24(19)13-8-4-3-5-9-13)17(25)22-18-16(20(26)28-2)14-10-6-7-11-15(14)31-18/h3-5,8-9,12H,6-7,10-11H2,1-2H3,(H-,22,23,25,26,27)/p+1. The summed E-state index contributed by atoms with van der Waals surface area (Å²) in [5.74, 6) is -0.753. The smallest absolute Gasteiger partial charge is 0.442 e. The number of para-hydroxylation sites is 1. The fraction of sp³-hybridized carbons (Fsp3) is 0.333. The van der Waals surface area contributed by atoms with E-state index in [2.05, 4.69) is 10.6 Å². The first-order valence-corrected chi connectivity index (χ1v) is 11.6. The molecule has 1 atom stereocenters. The summed E-state index contributed by atoms with van der Waals surface area (Å²) in [5, 5.41) is 5.60. The predicted octanol–water partition coefficient (Wildman–Crippen LogP) is 3.09. The van der Waals surface area contributed by atoms with E-state index >= 15 is 0 Å². The molecule has 0 saturated carbocycles. The van der Waals surface area contributed by atoms with Crippen molar-refractivity contribution < 1.29 is 23.5 Å². The van der Waals surface area contributed by atoms with Crippen LogP contribution in [0.2, 0.25) is 0 Å². The molecule has 3 aromatic rings. The van der Waals surface area contributed by atoms with E-state index in [9.17, 15) is 14.4 Å². The Balaban J connectivity index is 1.56. The number of hydrogen-bond acceptors (Lipinski definition) is 7. The van der Waals surface area contributed by atoms with Gasteiger partial charge in [0.25, 0.3) is 0 Å². The van der Waals surface area contributed by atoms with E-state index < -0.39 is 16.8 Å². The summed E-state index contributed by atoms with van der Waals surface area (Å²) in [7, 11) is 1.34. The zero-order valence-corrected chi connectivity index (χ0v) is 18.7. The molecule has 1 aliphatic rings. The molecule has 0 bridgehead atoms. The number of aromatic amines is 1. The second kappa shape index (κ2) is 9.11. The topological polar surface area (TPSA) is 105 Å². The van der Waals surface area contributed by atoms with Crippen molar-refractivity contribution in [3.05, 3.63) is 56.8 Å². The van der Waals surface area contributed by atoms with Crippen LogP contribution in [-0.4, -0.2) is 29.5 Å². The molecule has 0 fully saturated rings. The molecule has 0 saturated heterocycles. The van der Waals surface area contributed by atoms with Gasteiger partial charge in [0.05, 0.1) is 17.9 Å². The molecule has 2 N–H and O–H groups in total. The molecule has 2 aromatic heterocycles. The molecule has 162 valence electrons. The van der Waals surface area contributed by atoms with Gasteiger partial charge in [0.2, 0.25) is 11.6 Å². The van der Waals surface area contributed by atoms with Crippen LogP contribution in [0.25, 0.3) is 5.69 Å². The number of nitrogens with zero attached hydrogens (tertiary/aromatic N) is 1. The molecular formula is C21H22N3O5S2+. The minimum absolute atomic E-state index is 0.257. The zero-order chi connectivity index (χ0) is 22.0. The summed E-state index contributed by atoms with van der Waals surface area (Å²) in [5.41, 5.74) is 1.58. The number of methoxy groups -OCH3 is 1. The first kappa shape index (κ1) is 21.4. The third-order valence-electron chi connectivity index (χ3n) is 5.08. The second-order valence-electron chi connectivity index (χ2n) is 7.11. The van der Waals surface area contributed by atoms with E-state index in [1.807, 2.05) is 30.3 Å². The van der Waals surface area contributed by atoms with Gasteiger partial charge in [-0.05, 0) is 59.9 Å². The number of aromatic nitrogens is 2. The van der Waals surface area contributed by atoms with Crippen molar-refractivity contribution in [3.8, 4) is 5.69 Å². The van der Waals surface area contributed by atoms with Crippen LogP contribution in [0.1, 0.15) is 40.6 Å². The van der Waals surface area contributed by atoms with Gasteiger partial charge >= 0.3 is 16.6 Å². The van der Waals surface area contributed by atoms with E-state index in [0.29, 0.717) is 16.3 Å². The molecule has 8 nitrogen and oxygen atoms in total. The molecule has 31 heavy (non-hydrogen) atoms. The lowest BCUT2D eigenvalue weighted by atomic mass is 9.95.